The Labute approximate surface area is 223 Å². The Hall–Kier alpha value is -3.86. The van der Waals surface area contributed by atoms with Gasteiger partial charge in [-0.3, -0.25) is 0 Å². The highest BCUT2D eigenvalue weighted by molar-refractivity contribution is 6.62. The number of fused-ring (bicyclic) bond motifs is 4. The first-order valence-electron chi connectivity index (χ1n) is 13.3. The fraction of sp³-hybridized carbons (Fsp3) is 0.176. The van der Waals surface area contributed by atoms with E-state index in [1.807, 2.05) is 0 Å². The molecule has 7 rings (SSSR count). The summed E-state index contributed by atoms with van der Waals surface area (Å²) in [7, 11) is -0.433. The zero-order chi connectivity index (χ0) is 26.1. The largest absolute Gasteiger partial charge is 0.494 e. The van der Waals surface area contributed by atoms with Gasteiger partial charge < -0.3 is 13.9 Å². The predicted octanol–water partition coefficient (Wildman–Crippen LogP) is 7.90. The molecule has 1 fully saturated rings. The minimum Gasteiger partial charge on any atom is -0.399 e. The molecule has 38 heavy (non-hydrogen) atoms. The van der Waals surface area contributed by atoms with Crippen LogP contribution in [0.1, 0.15) is 27.7 Å². The van der Waals surface area contributed by atoms with Crippen LogP contribution in [-0.4, -0.2) is 22.9 Å². The van der Waals surface area contributed by atoms with Crippen molar-refractivity contribution in [2.75, 3.05) is 0 Å². The van der Waals surface area contributed by atoms with E-state index in [1.165, 1.54) is 43.7 Å². The van der Waals surface area contributed by atoms with Crippen LogP contribution in [-0.2, 0) is 9.31 Å². The highest BCUT2D eigenvalue weighted by Gasteiger charge is 2.51. The lowest BCUT2D eigenvalue weighted by atomic mass is 9.78. The summed E-state index contributed by atoms with van der Waals surface area (Å²) in [5.41, 5.74) is 6.05. The smallest absolute Gasteiger partial charge is 0.399 e. The zero-order valence-electron chi connectivity index (χ0n) is 22.2. The Morgan fingerprint density at radius 2 is 1.21 bits per heavy atom. The molecule has 6 aromatic rings. The molecule has 0 N–H and O–H groups in total. The van der Waals surface area contributed by atoms with Crippen molar-refractivity contribution in [3.63, 3.8) is 0 Å². The van der Waals surface area contributed by atoms with Crippen molar-refractivity contribution in [2.24, 2.45) is 0 Å². The van der Waals surface area contributed by atoms with Crippen molar-refractivity contribution in [2.45, 2.75) is 38.9 Å². The van der Waals surface area contributed by atoms with E-state index < -0.39 is 18.3 Å². The molecule has 0 atom stereocenters. The van der Waals surface area contributed by atoms with Crippen LogP contribution in [0.15, 0.2) is 109 Å². The van der Waals surface area contributed by atoms with Crippen LogP contribution in [0.3, 0.4) is 0 Å². The number of hydrogen-bond donors (Lipinski definition) is 0. The van der Waals surface area contributed by atoms with E-state index in [1.54, 1.807) is 0 Å². The van der Waals surface area contributed by atoms with Crippen molar-refractivity contribution >= 4 is 45.2 Å². The molecule has 186 valence electrons. The molecule has 0 bridgehead atoms. The summed E-state index contributed by atoms with van der Waals surface area (Å²) in [5, 5.41) is 4.97. The Morgan fingerprint density at radius 3 is 1.95 bits per heavy atom. The third kappa shape index (κ3) is 3.52. The van der Waals surface area contributed by atoms with Crippen LogP contribution >= 0.6 is 0 Å². The van der Waals surface area contributed by atoms with E-state index >= 15 is 0 Å². The number of benzene rings is 5. The van der Waals surface area contributed by atoms with Crippen LogP contribution in [0.4, 0.5) is 0 Å². The molecule has 2 heterocycles. The third-order valence-corrected chi connectivity index (χ3v) is 8.41. The predicted molar refractivity (Wildman–Crippen MR) is 159 cm³/mol. The second-order valence-electron chi connectivity index (χ2n) is 11.3. The van der Waals surface area contributed by atoms with Gasteiger partial charge in [0.25, 0.3) is 0 Å². The molecule has 0 spiro atoms. The monoisotopic (exact) mass is 495 g/mol. The van der Waals surface area contributed by atoms with Crippen LogP contribution in [0.2, 0.25) is 0 Å². The topological polar surface area (TPSA) is 23.4 Å². The lowest BCUT2D eigenvalue weighted by Crippen LogP contribution is -2.41. The fourth-order valence-electron chi connectivity index (χ4n) is 5.64. The van der Waals surface area contributed by atoms with Crippen molar-refractivity contribution in [3.8, 4) is 16.8 Å². The maximum Gasteiger partial charge on any atom is 0.494 e. The van der Waals surface area contributed by atoms with Gasteiger partial charge in [-0.2, -0.15) is 0 Å². The fourth-order valence-corrected chi connectivity index (χ4v) is 5.64. The van der Waals surface area contributed by atoms with Gasteiger partial charge in [0.2, 0.25) is 0 Å². The number of nitrogens with zero attached hydrogens (tertiary/aromatic N) is 1. The molecular weight excluding hydrogens is 465 g/mol. The van der Waals surface area contributed by atoms with Gasteiger partial charge in [-0.15, -0.1) is 0 Å². The summed E-state index contributed by atoms with van der Waals surface area (Å²) in [4.78, 5) is 0. The molecule has 4 heteroatoms. The molecule has 0 radical (unpaired) electrons. The van der Waals surface area contributed by atoms with Gasteiger partial charge in [-0.1, -0.05) is 84.9 Å². The lowest BCUT2D eigenvalue weighted by Gasteiger charge is -2.32. The highest BCUT2D eigenvalue weighted by Crippen LogP contribution is 2.39. The maximum atomic E-state index is 6.47. The second-order valence-corrected chi connectivity index (χ2v) is 11.3. The summed E-state index contributed by atoms with van der Waals surface area (Å²) in [5.74, 6) is 0. The molecule has 0 saturated carbocycles. The summed E-state index contributed by atoms with van der Waals surface area (Å²) in [6, 6.07) is 39.2. The van der Waals surface area contributed by atoms with Gasteiger partial charge in [0.1, 0.15) is 0 Å². The average Bonchev–Trinajstić information content (AvgIpc) is 3.36. The summed E-state index contributed by atoms with van der Waals surface area (Å²) in [6.07, 6.45) is 0. The van der Waals surface area contributed by atoms with Crippen molar-refractivity contribution in [1.82, 2.24) is 4.57 Å². The standard InChI is InChI=1S/C34H30BNO2/c1-33(2)34(3,4)38-35(37-33)26-18-19-27(23-12-6-5-7-13-23)32(22-26)36-30-17-11-10-16-28(30)29-20-24-14-8-9-15-25(24)21-31(29)36/h5-22H,1-4H3. The zero-order valence-corrected chi connectivity index (χ0v) is 22.2. The Bertz CT molecular complexity index is 1820. The molecule has 1 aliphatic rings. The molecule has 0 amide bonds. The molecule has 0 aliphatic carbocycles. The van der Waals surface area contributed by atoms with Gasteiger partial charge in [0.15, 0.2) is 0 Å². The van der Waals surface area contributed by atoms with Gasteiger partial charge in [-0.05, 0) is 73.8 Å². The van der Waals surface area contributed by atoms with Gasteiger partial charge in [0, 0.05) is 16.3 Å². The van der Waals surface area contributed by atoms with Crippen LogP contribution in [0, 0.1) is 0 Å². The molecule has 1 saturated heterocycles. The molecule has 5 aromatic carbocycles. The lowest BCUT2D eigenvalue weighted by molar-refractivity contribution is 0.00578. The third-order valence-electron chi connectivity index (χ3n) is 8.41. The van der Waals surface area contributed by atoms with Crippen LogP contribution < -0.4 is 5.46 Å². The highest BCUT2D eigenvalue weighted by atomic mass is 16.7. The number of aromatic nitrogens is 1. The molecule has 0 unspecified atom stereocenters. The minimum atomic E-state index is -0.433. The molecule has 1 aromatic heterocycles. The normalized spacial score (nSPS) is 16.6. The SMILES string of the molecule is CC1(C)OB(c2ccc(-c3ccccc3)c(-n3c4ccccc4c4cc5ccccc5cc43)c2)OC1(C)C. The number of para-hydroxylation sites is 1. The van der Waals surface area contributed by atoms with E-state index in [2.05, 4.69) is 141 Å². The first kappa shape index (κ1) is 23.3. The maximum absolute atomic E-state index is 6.47. The van der Waals surface area contributed by atoms with Crippen LogP contribution in [0.5, 0.6) is 0 Å². The summed E-state index contributed by atoms with van der Waals surface area (Å²) < 4.78 is 15.3. The molecular formula is C34H30BNO2. The van der Waals surface area contributed by atoms with Crippen molar-refractivity contribution in [3.05, 3.63) is 109 Å². The van der Waals surface area contributed by atoms with Gasteiger partial charge in [-0.25, -0.2) is 0 Å². The quantitative estimate of drug-likeness (QED) is 0.233. The first-order valence-corrected chi connectivity index (χ1v) is 13.3. The molecule has 1 aliphatic heterocycles. The van der Waals surface area contributed by atoms with E-state index in [9.17, 15) is 0 Å². The van der Waals surface area contributed by atoms with E-state index in [0.29, 0.717) is 0 Å². The first-order chi connectivity index (χ1) is 18.3. The Morgan fingerprint density at radius 1 is 0.579 bits per heavy atom. The van der Waals surface area contributed by atoms with E-state index in [4.69, 9.17) is 9.31 Å². The number of rotatable bonds is 3. The van der Waals surface area contributed by atoms with E-state index in [0.717, 1.165) is 11.2 Å². The number of hydrogen-bond acceptors (Lipinski definition) is 2. The minimum absolute atomic E-state index is 0.401. The average molecular weight is 495 g/mol. The van der Waals surface area contributed by atoms with Crippen molar-refractivity contribution < 1.29 is 9.31 Å². The van der Waals surface area contributed by atoms with E-state index in [-0.39, 0.29) is 0 Å². The van der Waals surface area contributed by atoms with Gasteiger partial charge in [0.05, 0.1) is 27.9 Å². The summed E-state index contributed by atoms with van der Waals surface area (Å²) >= 11 is 0. The summed E-state index contributed by atoms with van der Waals surface area (Å²) in [6.45, 7) is 8.41. The molecule has 3 nitrogen and oxygen atoms in total. The van der Waals surface area contributed by atoms with Crippen LogP contribution in [0.25, 0.3) is 49.4 Å². The van der Waals surface area contributed by atoms with Gasteiger partial charge >= 0.3 is 7.12 Å². The Kier molecular flexibility index (Phi) is 5.10. The van der Waals surface area contributed by atoms with Crippen molar-refractivity contribution in [1.29, 1.82) is 0 Å². The second kappa shape index (κ2) is 8.32. The Balaban J connectivity index is 1.54.